The van der Waals surface area contributed by atoms with Crippen LogP contribution in [0, 0.1) is 0 Å². The van der Waals surface area contributed by atoms with Crippen molar-refractivity contribution in [1.29, 1.82) is 0 Å². The van der Waals surface area contributed by atoms with E-state index in [1.807, 2.05) is 23.5 Å². The zero-order valence-corrected chi connectivity index (χ0v) is 75.2. The van der Waals surface area contributed by atoms with Crippen LogP contribution in [0.25, 0.3) is 153 Å². The van der Waals surface area contributed by atoms with E-state index in [1.54, 1.807) is 0 Å². The zero-order chi connectivity index (χ0) is 89.7. The Labute approximate surface area is 787 Å². The molecule has 2 heterocycles. The minimum Gasteiger partial charge on any atom is -0.456 e. The number of furan rings is 1. The van der Waals surface area contributed by atoms with Crippen LogP contribution in [0.5, 0.6) is 0 Å². The van der Waals surface area contributed by atoms with Crippen LogP contribution in [0.1, 0.15) is 25.0 Å². The number of benzene rings is 21. The number of hydrogen-bond acceptors (Lipinski definition) is 5. The number of rotatable bonds is 18. The molecule has 0 spiro atoms. The first-order valence-electron chi connectivity index (χ1n) is 45.9. The van der Waals surface area contributed by atoms with Crippen LogP contribution >= 0.6 is 11.3 Å². The molecule has 1 aliphatic carbocycles. The Balaban J connectivity index is 0.000000117. The lowest BCUT2D eigenvalue weighted by molar-refractivity contribution is 0.660. The van der Waals surface area contributed by atoms with Crippen LogP contribution in [0.2, 0.25) is 0 Å². The lowest BCUT2D eigenvalue weighted by Crippen LogP contribution is -2.14. The van der Waals surface area contributed by atoms with E-state index >= 15 is 0 Å². The van der Waals surface area contributed by atoms with E-state index < -0.39 is 0 Å². The first-order valence-corrected chi connectivity index (χ1v) is 46.7. The van der Waals surface area contributed by atoms with Crippen LogP contribution < -0.4 is 14.7 Å². The molecule has 0 bridgehead atoms. The van der Waals surface area contributed by atoms with E-state index in [4.69, 9.17) is 4.42 Å². The summed E-state index contributed by atoms with van der Waals surface area (Å²) in [6.45, 7) is 4.69. The second kappa shape index (κ2) is 36.9. The molecule has 0 saturated heterocycles. The Morgan fingerprint density at radius 2 is 0.448 bits per heavy atom. The third-order valence-corrected chi connectivity index (χ3v) is 27.1. The molecule has 636 valence electrons. The molecule has 4 nitrogen and oxygen atoms in total. The third-order valence-electron chi connectivity index (χ3n) is 26.0. The molecule has 2 aromatic heterocycles. The molecule has 0 aliphatic heterocycles. The highest BCUT2D eigenvalue weighted by atomic mass is 32.1. The summed E-state index contributed by atoms with van der Waals surface area (Å²) in [5, 5.41) is 4.93. The van der Waals surface area contributed by atoms with Crippen LogP contribution in [0.4, 0.5) is 51.2 Å². The molecule has 0 fully saturated rings. The maximum Gasteiger partial charge on any atom is 0.136 e. The van der Waals surface area contributed by atoms with Gasteiger partial charge in [-0.3, -0.25) is 0 Å². The second-order valence-corrected chi connectivity index (χ2v) is 35.7. The van der Waals surface area contributed by atoms with Crippen molar-refractivity contribution < 1.29 is 4.42 Å². The summed E-state index contributed by atoms with van der Waals surface area (Å²) in [5.74, 6) is 0. The predicted molar refractivity (Wildman–Crippen MR) is 570 cm³/mol. The van der Waals surface area contributed by atoms with Crippen molar-refractivity contribution in [3.63, 3.8) is 0 Å². The van der Waals surface area contributed by atoms with Gasteiger partial charge in [-0.15, -0.1) is 11.3 Å². The van der Waals surface area contributed by atoms with Gasteiger partial charge in [-0.1, -0.05) is 414 Å². The van der Waals surface area contributed by atoms with E-state index in [0.29, 0.717) is 0 Å². The van der Waals surface area contributed by atoms with Gasteiger partial charge in [-0.05, 0) is 233 Å². The van der Waals surface area contributed by atoms with Crippen LogP contribution in [-0.2, 0) is 5.41 Å². The molecule has 0 amide bonds. The molecule has 0 atom stereocenters. The molecule has 23 aromatic rings. The number of para-hydroxylation sites is 4. The summed E-state index contributed by atoms with van der Waals surface area (Å²) in [5.41, 5.74) is 38.7. The maximum absolute atomic E-state index is 6.24. The fraction of sp³-hybridized carbons (Fsp3) is 0.0233. The standard InChI is InChI=1S/C45H35N.C42H29NO.C42H29NS/c1-45(2)42-25-11-9-24-40(42)41-28-27-36(31-43(41)45)35-20-14-22-38(30-35)46(37-21-13-19-34(29-37)32-15-5-3-6-16-32)44-26-12-10-23-39(44)33-17-7-4-8-18-33;2*1-3-13-30(14-4-1)32-17-11-19-35(27-32)43(40-23-9-7-21-37(40)31-15-5-2-6-16-31)36-20-12-18-33(28-36)34-25-26-39-38-22-8-10-24-41(38)44-42(39)29-34/h3-31H,1-2H3;2*1-29H. The van der Waals surface area contributed by atoms with Gasteiger partial charge in [0.1, 0.15) is 11.2 Å². The Morgan fingerprint density at radius 3 is 0.866 bits per heavy atom. The molecule has 21 aromatic carbocycles. The van der Waals surface area contributed by atoms with Crippen molar-refractivity contribution >= 4 is 105 Å². The van der Waals surface area contributed by atoms with Gasteiger partial charge >= 0.3 is 0 Å². The Kier molecular flexibility index (Phi) is 22.8. The van der Waals surface area contributed by atoms with Crippen molar-refractivity contribution in [2.75, 3.05) is 14.7 Å². The highest BCUT2D eigenvalue weighted by molar-refractivity contribution is 7.25. The smallest absolute Gasteiger partial charge is 0.136 e. The number of thiophene rings is 1. The molecule has 0 saturated carbocycles. The summed E-state index contributed by atoms with van der Waals surface area (Å²) in [6.07, 6.45) is 0. The first-order chi connectivity index (χ1) is 66.2. The monoisotopic (exact) mass is 1730 g/mol. The molecule has 5 heteroatoms. The summed E-state index contributed by atoms with van der Waals surface area (Å²) in [4.78, 5) is 7.18. The fourth-order valence-corrected chi connectivity index (χ4v) is 20.6. The van der Waals surface area contributed by atoms with Crippen molar-refractivity contribution in [3.8, 4) is 111 Å². The molecule has 1 aliphatic rings. The largest absolute Gasteiger partial charge is 0.456 e. The van der Waals surface area contributed by atoms with Gasteiger partial charge in [0.2, 0.25) is 0 Å². The number of nitrogens with zero attached hydrogens (tertiary/aromatic N) is 3. The molecular formula is C129H93N3OS. The van der Waals surface area contributed by atoms with Gasteiger partial charge in [-0.25, -0.2) is 0 Å². The normalized spacial score (nSPS) is 11.7. The summed E-state index contributed by atoms with van der Waals surface area (Å²) >= 11 is 1.86. The van der Waals surface area contributed by atoms with Crippen LogP contribution in [0.3, 0.4) is 0 Å². The molecule has 0 unspecified atom stereocenters. The van der Waals surface area contributed by atoms with Crippen LogP contribution in [0.15, 0.2) is 532 Å². The van der Waals surface area contributed by atoms with E-state index in [1.165, 1.54) is 131 Å². The van der Waals surface area contributed by atoms with Gasteiger partial charge in [0.25, 0.3) is 0 Å². The van der Waals surface area contributed by atoms with Gasteiger partial charge in [-0.2, -0.15) is 0 Å². The maximum atomic E-state index is 6.24. The molecule has 134 heavy (non-hydrogen) atoms. The number of anilines is 9. The summed E-state index contributed by atoms with van der Waals surface area (Å²) in [6, 6.07) is 189. The van der Waals surface area contributed by atoms with E-state index in [0.717, 1.165) is 84.3 Å². The zero-order valence-electron chi connectivity index (χ0n) is 74.4. The Morgan fingerprint density at radius 1 is 0.172 bits per heavy atom. The lowest BCUT2D eigenvalue weighted by atomic mass is 9.81. The first kappa shape index (κ1) is 82.7. The molecule has 0 N–H and O–H groups in total. The number of fused-ring (bicyclic) bond motifs is 9. The van der Waals surface area contributed by atoms with Gasteiger partial charge in [0, 0.05) is 87.2 Å². The molecular weight excluding hydrogens is 1640 g/mol. The van der Waals surface area contributed by atoms with E-state index in [2.05, 4.69) is 544 Å². The number of hydrogen-bond donors (Lipinski definition) is 0. The lowest BCUT2D eigenvalue weighted by Gasteiger charge is -2.29. The van der Waals surface area contributed by atoms with Crippen molar-refractivity contribution in [1.82, 2.24) is 0 Å². The van der Waals surface area contributed by atoms with Crippen LogP contribution in [-0.4, -0.2) is 0 Å². The van der Waals surface area contributed by atoms with E-state index in [-0.39, 0.29) is 5.41 Å². The molecule has 0 radical (unpaired) electrons. The minimum absolute atomic E-state index is 0.0436. The van der Waals surface area contributed by atoms with Crippen molar-refractivity contribution in [3.05, 3.63) is 539 Å². The molecule has 24 rings (SSSR count). The van der Waals surface area contributed by atoms with Gasteiger partial charge in [0.15, 0.2) is 0 Å². The Bertz CT molecular complexity index is 7840. The fourth-order valence-electron chi connectivity index (χ4n) is 19.4. The van der Waals surface area contributed by atoms with Gasteiger partial charge < -0.3 is 19.1 Å². The third kappa shape index (κ3) is 16.6. The highest BCUT2D eigenvalue weighted by Gasteiger charge is 2.36. The van der Waals surface area contributed by atoms with E-state index in [9.17, 15) is 0 Å². The minimum atomic E-state index is -0.0436. The Hall–Kier alpha value is -17.0. The average Bonchev–Trinajstić information content (AvgIpc) is 1.56. The highest BCUT2D eigenvalue weighted by Crippen LogP contribution is 2.52. The summed E-state index contributed by atoms with van der Waals surface area (Å²) < 4.78 is 8.89. The van der Waals surface area contributed by atoms with Gasteiger partial charge in [0.05, 0.1) is 17.1 Å². The van der Waals surface area contributed by atoms with Crippen molar-refractivity contribution in [2.24, 2.45) is 0 Å². The average molecular weight is 1730 g/mol. The predicted octanol–water partition coefficient (Wildman–Crippen LogP) is 37.0. The SMILES string of the molecule is CC1(C)c2ccccc2-c2ccc(-c3cccc(N(c4cccc(-c5ccccc5)c4)c4ccccc4-c4ccccc4)c3)cc21.c1ccc(-c2cccc(N(c3cccc(-c4ccc5c(c4)oc4ccccc45)c3)c3ccccc3-c3ccccc3)c2)cc1.c1ccc(-c2cccc(N(c3cccc(-c4ccc5c(c4)sc4ccccc45)c3)c3ccccc3-c3ccccc3)c2)cc1. The quantitative estimate of drug-likeness (QED) is 0.0854. The topological polar surface area (TPSA) is 22.9 Å². The summed E-state index contributed by atoms with van der Waals surface area (Å²) in [7, 11) is 0. The second-order valence-electron chi connectivity index (χ2n) is 34.6. The van der Waals surface area contributed by atoms with Crippen molar-refractivity contribution in [2.45, 2.75) is 19.3 Å².